The lowest BCUT2D eigenvalue weighted by Crippen LogP contribution is -2.47. The number of nitrogens with one attached hydrogen (secondary N) is 2. The number of nitrogens with two attached hydrogens (primary N) is 1. The first-order chi connectivity index (χ1) is 26.3. The number of hydrogen-bond donors (Lipinski definition) is 5. The smallest absolute Gasteiger partial charge is 0.450 e. The van der Waals surface area contributed by atoms with Gasteiger partial charge in [0.2, 0.25) is 17.6 Å². The Hall–Kier alpha value is -4.37. The lowest BCUT2D eigenvalue weighted by molar-refractivity contribution is -0.347. The molecule has 3 aromatic rings. The van der Waals surface area contributed by atoms with Gasteiger partial charge in [0.15, 0.2) is 0 Å². The highest BCUT2D eigenvalue weighted by molar-refractivity contribution is 6.32. The van der Waals surface area contributed by atoms with E-state index in [2.05, 4.69) is 0 Å². The van der Waals surface area contributed by atoms with E-state index in [0.29, 0.717) is 5.75 Å². The average Bonchev–Trinajstić information content (AvgIpc) is 3.03. The monoisotopic (exact) mass is 919 g/mol. The van der Waals surface area contributed by atoms with Crippen LogP contribution in [0.5, 0.6) is 17.2 Å². The second-order valence-corrected chi connectivity index (χ2v) is 13.7. The first kappa shape index (κ1) is 54.6. The van der Waals surface area contributed by atoms with Gasteiger partial charge < -0.3 is 40.8 Å². The number of carbonyl (C=O) groups is 3. The van der Waals surface area contributed by atoms with E-state index in [1.165, 1.54) is 6.07 Å². The summed E-state index contributed by atoms with van der Waals surface area (Å²) in [4.78, 5) is 33.5. The maximum Gasteiger partial charge on any atom is 0.450 e. The van der Waals surface area contributed by atoms with Crippen molar-refractivity contribution in [1.82, 2.24) is 0 Å². The first-order valence-corrected chi connectivity index (χ1v) is 17.4. The molecule has 6 N–H and O–H groups in total. The number of hydrogen-bond acceptors (Lipinski definition) is 9. The third-order valence-corrected chi connectivity index (χ3v) is 7.11. The zero-order valence-electron chi connectivity index (χ0n) is 31.1. The molecular weight excluding hydrogens is 880 g/mol. The molecule has 3 aromatic carbocycles. The molecule has 0 bridgehead atoms. The highest BCUT2D eigenvalue weighted by Gasteiger charge is 2.54. The standard InChI is InChI=1S/C13H14ClF4NO4.C13H12ClF4NO3.C9H11ClFNO.CH4/c1-6(2)23-10-4-9(8(15)3-7(10)14)19-11(20)5-12(21,22)13(16,17)18;1-6(2)22-10-4-9(8(15)3-7(10)14)19-12(21)5-11(20)13(16,17)18;1-5(2)13-9-4-8(12)7(11)3-6(9)10;/h3-4,6,21-22H,5H2,1-2H3,(H,19,20);3-4,6H,5H2,1-2H3,(H,19,21);3-5H,12H2,1-2H3;1H4. The third-order valence-electron chi connectivity index (χ3n) is 6.23. The van der Waals surface area contributed by atoms with Crippen LogP contribution in [-0.4, -0.2) is 64.3 Å². The second kappa shape index (κ2) is 22.8. The second-order valence-electron chi connectivity index (χ2n) is 12.5. The molecule has 0 saturated heterocycles. The Balaban J connectivity index is 0.000000879. The van der Waals surface area contributed by atoms with Crippen molar-refractivity contribution in [2.75, 3.05) is 16.4 Å². The van der Waals surface area contributed by atoms with E-state index >= 15 is 0 Å². The zero-order chi connectivity index (χ0) is 45.1. The fourth-order valence-electron chi connectivity index (χ4n) is 3.79. The van der Waals surface area contributed by atoms with Gasteiger partial charge in [0.05, 0.1) is 63.3 Å². The Morgan fingerprint density at radius 3 is 1.32 bits per heavy atom. The molecule has 0 unspecified atom stereocenters. The van der Waals surface area contributed by atoms with Gasteiger partial charge in [0.1, 0.15) is 34.7 Å². The van der Waals surface area contributed by atoms with Crippen LogP contribution in [0.1, 0.15) is 61.8 Å². The van der Waals surface area contributed by atoms with Crippen molar-refractivity contribution in [3.05, 3.63) is 68.9 Å². The number of benzene rings is 3. The number of rotatable bonds is 12. The van der Waals surface area contributed by atoms with Crippen molar-refractivity contribution in [2.24, 2.45) is 0 Å². The van der Waals surface area contributed by atoms with Crippen LogP contribution in [0.25, 0.3) is 0 Å². The van der Waals surface area contributed by atoms with Gasteiger partial charge in [-0.3, -0.25) is 14.4 Å². The number of nitrogen functional groups attached to an aromatic ring is 1. The summed E-state index contributed by atoms with van der Waals surface area (Å²) in [5.41, 5.74) is 4.46. The minimum absolute atomic E-state index is 0. The summed E-state index contributed by atoms with van der Waals surface area (Å²) in [5.74, 6) is -11.2. The van der Waals surface area contributed by atoms with Crippen molar-refractivity contribution in [3.8, 4) is 17.2 Å². The predicted octanol–water partition coefficient (Wildman–Crippen LogP) is 10.0. The Morgan fingerprint density at radius 1 is 0.644 bits per heavy atom. The molecule has 59 heavy (non-hydrogen) atoms. The average molecular weight is 921 g/mol. The highest BCUT2D eigenvalue weighted by atomic mass is 35.5. The van der Waals surface area contributed by atoms with Gasteiger partial charge in [-0.05, 0) is 59.7 Å². The van der Waals surface area contributed by atoms with Gasteiger partial charge in [0.25, 0.3) is 5.79 Å². The van der Waals surface area contributed by atoms with Crippen molar-refractivity contribution < 1.29 is 78.3 Å². The molecule has 0 radical (unpaired) electrons. The van der Waals surface area contributed by atoms with Crippen LogP contribution in [0, 0.1) is 17.5 Å². The lowest BCUT2D eigenvalue weighted by Gasteiger charge is -2.23. The molecule has 0 atom stereocenters. The Bertz CT molecular complexity index is 1910. The van der Waals surface area contributed by atoms with Gasteiger partial charge in [-0.15, -0.1) is 0 Å². The topological polar surface area (TPSA) is 169 Å². The van der Waals surface area contributed by atoms with E-state index in [4.69, 9.17) is 65.0 Å². The van der Waals surface area contributed by atoms with Crippen molar-refractivity contribution >= 4 is 69.5 Å². The third kappa shape index (κ3) is 18.6. The molecule has 3 rings (SSSR count). The largest absolute Gasteiger partial charge is 0.489 e. The van der Waals surface area contributed by atoms with E-state index in [9.17, 15) is 53.9 Å². The van der Waals surface area contributed by atoms with Gasteiger partial charge >= 0.3 is 12.4 Å². The molecule has 332 valence electrons. The molecule has 0 heterocycles. The quantitative estimate of drug-likeness (QED) is 0.0514. The molecule has 0 aliphatic carbocycles. The summed E-state index contributed by atoms with van der Waals surface area (Å²) in [7, 11) is 0. The van der Waals surface area contributed by atoms with Crippen LogP contribution in [0.2, 0.25) is 15.1 Å². The summed E-state index contributed by atoms with van der Waals surface area (Å²) in [6.45, 7) is 10.4. The number of aliphatic hydroxyl groups is 2. The van der Waals surface area contributed by atoms with Crippen LogP contribution in [0.4, 0.5) is 56.6 Å². The highest BCUT2D eigenvalue weighted by Crippen LogP contribution is 2.35. The molecule has 0 aliphatic rings. The van der Waals surface area contributed by atoms with Crippen molar-refractivity contribution in [2.45, 2.75) is 98.3 Å². The molecule has 0 fully saturated rings. The summed E-state index contributed by atoms with van der Waals surface area (Å²) >= 11 is 17.2. The number of anilines is 3. The SMILES string of the molecule is C.CC(C)Oc1cc(N)c(F)cc1Cl.CC(C)Oc1cc(NC(=O)CC(=O)C(F)(F)F)c(F)cc1Cl.CC(C)Oc1cc(NC(=O)CC(O)(O)C(F)(F)F)c(F)cc1Cl. The fourth-order valence-corrected chi connectivity index (χ4v) is 4.37. The minimum atomic E-state index is -5.44. The number of Topliss-reactive ketones (excluding diaryl/α,β-unsaturated/α-hetero) is 1. The summed E-state index contributed by atoms with van der Waals surface area (Å²) in [5, 5.41) is 21.4. The van der Waals surface area contributed by atoms with Crippen LogP contribution in [-0.2, 0) is 14.4 Å². The number of carbonyl (C=O) groups excluding carboxylic acids is 3. The molecule has 11 nitrogen and oxygen atoms in total. The van der Waals surface area contributed by atoms with Crippen LogP contribution in [0.3, 0.4) is 0 Å². The first-order valence-electron chi connectivity index (χ1n) is 16.3. The Kier molecular flexibility index (Phi) is 21.2. The maximum atomic E-state index is 13.7. The Labute approximate surface area is 347 Å². The van der Waals surface area contributed by atoms with Gasteiger partial charge in [0, 0.05) is 18.2 Å². The fraction of sp³-hybridized carbons (Fsp3) is 0.417. The summed E-state index contributed by atoms with van der Waals surface area (Å²) in [6, 6.07) is 6.21. The molecule has 2 amide bonds. The summed E-state index contributed by atoms with van der Waals surface area (Å²) in [6.07, 6.45) is -14.4. The molecule has 0 spiro atoms. The molecular formula is C36H41Cl3F9N3O8. The van der Waals surface area contributed by atoms with Crippen LogP contribution < -0.4 is 30.6 Å². The number of ketones is 1. The number of alkyl halides is 6. The maximum absolute atomic E-state index is 13.7. The van der Waals surface area contributed by atoms with E-state index in [-0.39, 0.29) is 58.0 Å². The zero-order valence-corrected chi connectivity index (χ0v) is 33.3. The van der Waals surface area contributed by atoms with Gasteiger partial charge in [-0.2, -0.15) is 26.3 Å². The molecule has 0 saturated carbocycles. The van der Waals surface area contributed by atoms with Crippen molar-refractivity contribution in [3.63, 3.8) is 0 Å². The van der Waals surface area contributed by atoms with Crippen molar-refractivity contribution in [1.29, 1.82) is 0 Å². The van der Waals surface area contributed by atoms with E-state index in [1.807, 2.05) is 19.2 Å². The van der Waals surface area contributed by atoms with E-state index in [0.717, 1.165) is 30.3 Å². The number of halogens is 12. The number of ether oxygens (including phenoxy) is 3. The van der Waals surface area contributed by atoms with Gasteiger partial charge in [-0.25, -0.2) is 13.2 Å². The summed E-state index contributed by atoms with van der Waals surface area (Å²) < 4.78 is 129. The van der Waals surface area contributed by atoms with Crippen LogP contribution in [0.15, 0.2) is 36.4 Å². The normalized spacial score (nSPS) is 11.4. The molecule has 0 aliphatic heterocycles. The van der Waals surface area contributed by atoms with Crippen LogP contribution >= 0.6 is 34.8 Å². The molecule has 23 heteroatoms. The number of amides is 2. The predicted molar refractivity (Wildman–Crippen MR) is 203 cm³/mol. The van der Waals surface area contributed by atoms with Gasteiger partial charge in [-0.1, -0.05) is 42.2 Å². The van der Waals surface area contributed by atoms with E-state index < -0.39 is 77.4 Å². The lowest BCUT2D eigenvalue weighted by atomic mass is 10.1. The minimum Gasteiger partial charge on any atom is -0.489 e. The molecule has 0 aromatic heterocycles. The Morgan fingerprint density at radius 2 is 0.983 bits per heavy atom. The van der Waals surface area contributed by atoms with E-state index in [1.54, 1.807) is 33.0 Å².